The van der Waals surface area contributed by atoms with Gasteiger partial charge in [-0.1, -0.05) is 44.0 Å². The molecule has 0 amide bonds. The third-order valence-electron chi connectivity index (χ3n) is 1.94. The van der Waals surface area contributed by atoms with Gasteiger partial charge in [0.15, 0.2) is 0 Å². The van der Waals surface area contributed by atoms with Crippen LogP contribution in [0.3, 0.4) is 0 Å². The number of hydrogen-bond acceptors (Lipinski definition) is 1. The van der Waals surface area contributed by atoms with Gasteiger partial charge in [-0.3, -0.25) is 4.98 Å². The van der Waals surface area contributed by atoms with Gasteiger partial charge in [0, 0.05) is 21.4 Å². The predicted octanol–water partition coefficient (Wildman–Crippen LogP) is 3.89. The molecule has 1 aromatic carbocycles. The Hall–Kier alpha value is -0.410. The Morgan fingerprint density at radius 3 is 2.85 bits per heavy atom. The molecule has 3 heteroatoms. The number of halogens is 2. The van der Waals surface area contributed by atoms with Crippen LogP contribution >= 0.6 is 31.9 Å². The summed E-state index contributed by atoms with van der Waals surface area (Å²) in [7, 11) is 0. The third kappa shape index (κ3) is 1.63. The Bertz CT molecular complexity index is 440. The molecule has 0 unspecified atom stereocenters. The van der Waals surface area contributed by atoms with Crippen molar-refractivity contribution in [2.75, 3.05) is 0 Å². The number of hydrogen-bond donors (Lipinski definition) is 0. The molecule has 1 aromatic heterocycles. The van der Waals surface area contributed by atoms with Crippen LogP contribution < -0.4 is 0 Å². The van der Waals surface area contributed by atoms with Crippen LogP contribution in [-0.2, 0) is 5.33 Å². The van der Waals surface area contributed by atoms with Crippen LogP contribution in [0.2, 0.25) is 0 Å². The molecule has 0 radical (unpaired) electrons. The Balaban J connectivity index is 2.84. The van der Waals surface area contributed by atoms with E-state index in [1.165, 1.54) is 10.9 Å². The van der Waals surface area contributed by atoms with Gasteiger partial charge in [0.05, 0.1) is 5.52 Å². The number of rotatable bonds is 1. The van der Waals surface area contributed by atoms with Crippen molar-refractivity contribution in [1.82, 2.24) is 4.98 Å². The van der Waals surface area contributed by atoms with E-state index in [2.05, 4.69) is 55.0 Å². The maximum atomic E-state index is 4.35. The van der Waals surface area contributed by atoms with Crippen molar-refractivity contribution in [2.24, 2.45) is 0 Å². The number of alkyl halides is 1. The molecule has 13 heavy (non-hydrogen) atoms. The van der Waals surface area contributed by atoms with Gasteiger partial charge in [0.1, 0.15) is 0 Å². The molecule has 0 saturated carbocycles. The van der Waals surface area contributed by atoms with E-state index in [9.17, 15) is 0 Å². The van der Waals surface area contributed by atoms with Crippen LogP contribution in [0.1, 0.15) is 5.56 Å². The molecule has 0 aliphatic heterocycles. The summed E-state index contributed by atoms with van der Waals surface area (Å²) in [5, 5.41) is 2.01. The van der Waals surface area contributed by atoms with Crippen molar-refractivity contribution in [3.8, 4) is 0 Å². The van der Waals surface area contributed by atoms with Crippen molar-refractivity contribution in [1.29, 1.82) is 0 Å². The Kier molecular flexibility index (Phi) is 2.65. The molecule has 66 valence electrons. The number of nitrogens with zero attached hydrogens (tertiary/aromatic N) is 1. The predicted molar refractivity (Wildman–Crippen MR) is 62.1 cm³/mol. The molecule has 1 heterocycles. The maximum absolute atomic E-state index is 4.35. The molecular weight excluding hydrogens is 294 g/mol. The van der Waals surface area contributed by atoms with E-state index in [1.54, 1.807) is 0 Å². The number of fused-ring (bicyclic) bond motifs is 1. The van der Waals surface area contributed by atoms with Crippen LogP contribution in [0, 0.1) is 0 Å². The maximum Gasteiger partial charge on any atom is 0.0753 e. The molecular formula is C10H7Br2N. The highest BCUT2D eigenvalue weighted by Gasteiger charge is 2.02. The fraction of sp³-hybridized carbons (Fsp3) is 0.100. The number of benzene rings is 1. The van der Waals surface area contributed by atoms with Crippen molar-refractivity contribution >= 4 is 42.8 Å². The van der Waals surface area contributed by atoms with E-state index < -0.39 is 0 Å². The second kappa shape index (κ2) is 3.76. The molecule has 2 aromatic rings. The van der Waals surface area contributed by atoms with E-state index >= 15 is 0 Å². The molecule has 0 atom stereocenters. The zero-order valence-electron chi connectivity index (χ0n) is 6.80. The van der Waals surface area contributed by atoms with Crippen LogP contribution in [0.5, 0.6) is 0 Å². The summed E-state index contributed by atoms with van der Waals surface area (Å²) in [5.41, 5.74) is 2.28. The standard InChI is InChI=1S/C10H7Br2N/c11-6-7-3-4-9(12)8-2-1-5-13-10(7)8/h1-5H,6H2. The highest BCUT2D eigenvalue weighted by atomic mass is 79.9. The Morgan fingerprint density at radius 1 is 1.23 bits per heavy atom. The lowest BCUT2D eigenvalue weighted by Gasteiger charge is -2.03. The molecule has 0 N–H and O–H groups in total. The normalized spacial score (nSPS) is 10.6. The summed E-state index contributed by atoms with van der Waals surface area (Å²) < 4.78 is 1.10. The van der Waals surface area contributed by atoms with Gasteiger partial charge >= 0.3 is 0 Å². The van der Waals surface area contributed by atoms with Crippen molar-refractivity contribution in [3.05, 3.63) is 40.5 Å². The van der Waals surface area contributed by atoms with Gasteiger partial charge in [-0.15, -0.1) is 0 Å². The van der Waals surface area contributed by atoms with Crippen molar-refractivity contribution in [2.45, 2.75) is 5.33 Å². The molecule has 0 aliphatic rings. The largest absolute Gasteiger partial charge is 0.256 e. The lowest BCUT2D eigenvalue weighted by molar-refractivity contribution is 1.35. The number of aromatic nitrogens is 1. The highest BCUT2D eigenvalue weighted by Crippen LogP contribution is 2.26. The average molecular weight is 301 g/mol. The molecule has 0 spiro atoms. The van der Waals surface area contributed by atoms with Gasteiger partial charge in [-0.2, -0.15) is 0 Å². The first-order valence-electron chi connectivity index (χ1n) is 3.91. The summed E-state index contributed by atoms with van der Waals surface area (Å²) in [6.07, 6.45) is 1.82. The Morgan fingerprint density at radius 2 is 2.08 bits per heavy atom. The summed E-state index contributed by atoms with van der Waals surface area (Å²) in [4.78, 5) is 4.35. The third-order valence-corrected chi connectivity index (χ3v) is 3.24. The Labute approximate surface area is 93.4 Å². The summed E-state index contributed by atoms with van der Waals surface area (Å²) in [5.74, 6) is 0. The van der Waals surface area contributed by atoms with Gasteiger partial charge in [0.25, 0.3) is 0 Å². The smallest absolute Gasteiger partial charge is 0.0753 e. The average Bonchev–Trinajstić information content (AvgIpc) is 2.19. The molecule has 2 rings (SSSR count). The van der Waals surface area contributed by atoms with Gasteiger partial charge in [0.2, 0.25) is 0 Å². The minimum Gasteiger partial charge on any atom is -0.256 e. The highest BCUT2D eigenvalue weighted by molar-refractivity contribution is 9.10. The number of pyridine rings is 1. The minimum atomic E-state index is 0.841. The molecule has 0 fully saturated rings. The molecule has 0 bridgehead atoms. The van der Waals surface area contributed by atoms with Crippen molar-refractivity contribution < 1.29 is 0 Å². The second-order valence-electron chi connectivity index (χ2n) is 2.74. The lowest BCUT2D eigenvalue weighted by atomic mass is 10.1. The van der Waals surface area contributed by atoms with E-state index in [4.69, 9.17) is 0 Å². The zero-order chi connectivity index (χ0) is 9.26. The van der Waals surface area contributed by atoms with E-state index in [0.717, 1.165) is 15.3 Å². The summed E-state index contributed by atoms with van der Waals surface area (Å²) in [6, 6.07) is 8.15. The second-order valence-corrected chi connectivity index (χ2v) is 4.15. The summed E-state index contributed by atoms with van der Waals surface area (Å²) in [6.45, 7) is 0. The van der Waals surface area contributed by atoms with Crippen LogP contribution in [-0.4, -0.2) is 4.98 Å². The fourth-order valence-electron chi connectivity index (χ4n) is 1.30. The zero-order valence-corrected chi connectivity index (χ0v) is 9.97. The van der Waals surface area contributed by atoms with Gasteiger partial charge < -0.3 is 0 Å². The molecule has 0 aliphatic carbocycles. The minimum absolute atomic E-state index is 0.841. The van der Waals surface area contributed by atoms with E-state index in [1.807, 2.05) is 12.3 Å². The van der Waals surface area contributed by atoms with E-state index in [-0.39, 0.29) is 0 Å². The SMILES string of the molecule is BrCc1ccc(Br)c2cccnc12. The van der Waals surface area contributed by atoms with Gasteiger partial charge in [-0.05, 0) is 17.7 Å². The molecule has 1 nitrogen and oxygen atoms in total. The van der Waals surface area contributed by atoms with Crippen LogP contribution in [0.15, 0.2) is 34.9 Å². The summed E-state index contributed by atoms with van der Waals surface area (Å²) >= 11 is 6.95. The van der Waals surface area contributed by atoms with E-state index in [0.29, 0.717) is 0 Å². The monoisotopic (exact) mass is 299 g/mol. The topological polar surface area (TPSA) is 12.9 Å². The van der Waals surface area contributed by atoms with Crippen molar-refractivity contribution in [3.63, 3.8) is 0 Å². The van der Waals surface area contributed by atoms with Crippen LogP contribution in [0.25, 0.3) is 10.9 Å². The van der Waals surface area contributed by atoms with Gasteiger partial charge in [-0.25, -0.2) is 0 Å². The first-order chi connectivity index (χ1) is 6.33. The lowest BCUT2D eigenvalue weighted by Crippen LogP contribution is -1.85. The first-order valence-corrected chi connectivity index (χ1v) is 5.82. The van der Waals surface area contributed by atoms with Crippen LogP contribution in [0.4, 0.5) is 0 Å². The quantitative estimate of drug-likeness (QED) is 0.728. The molecule has 0 saturated heterocycles. The first kappa shape index (κ1) is 9.16. The fourth-order valence-corrected chi connectivity index (χ4v) is 2.21.